The molecule has 16 heteroatoms. The summed E-state index contributed by atoms with van der Waals surface area (Å²) >= 11 is 0. The van der Waals surface area contributed by atoms with Gasteiger partial charge in [-0.3, -0.25) is 24.0 Å². The molecule has 4 rings (SSSR count). The molecule has 0 saturated carbocycles. The van der Waals surface area contributed by atoms with Crippen LogP contribution in [0.25, 0.3) is 10.9 Å². The number of phenolic OH excluding ortho intramolecular Hbond substituents is 1. The van der Waals surface area contributed by atoms with Crippen molar-refractivity contribution in [1.29, 1.82) is 0 Å². The summed E-state index contributed by atoms with van der Waals surface area (Å²) in [6.45, 7) is 5.38. The Morgan fingerprint density at radius 2 is 1.18 bits per heavy atom. The van der Waals surface area contributed by atoms with Crippen LogP contribution >= 0.6 is 0 Å². The highest BCUT2D eigenvalue weighted by atomic mass is 16.4. The molecule has 0 aliphatic rings. The molecule has 0 radical (unpaired) electrons. The van der Waals surface area contributed by atoms with E-state index in [2.05, 4.69) is 36.9 Å². The van der Waals surface area contributed by atoms with Gasteiger partial charge >= 0.3 is 5.97 Å². The van der Waals surface area contributed by atoms with Gasteiger partial charge in [0.1, 0.15) is 36.0 Å². The Labute approximate surface area is 349 Å². The molecule has 0 aliphatic heterocycles. The molecular weight excluding hydrogens is 769 g/mol. The summed E-state index contributed by atoms with van der Waals surface area (Å²) in [5.41, 5.74) is 8.62. The standard InChI is InChI=1S/C44H58N8O8/c1-26(2)38(43(58)51-37(44(59)60)23-28-12-6-5-7-13-28)52-40(55)34(16-10-11-21-45)48-42(57)36(24-30-25-47-33-15-9-8-14-32(30)33)50-41(56)35(49-39(54)27(3)46-4)22-29-17-19-31(53)20-18-29/h5-9,12-15,17-20,25-27,34-38,46-47,53H,10-11,16,21-24,45H2,1-4H3,(H,48,57)(H,49,54)(H,50,56)(H,51,58)(H,52,55)(H,59,60)/t27-,34-,35-,36+,37-,38-/m0/s1. The quantitative estimate of drug-likeness (QED) is 0.0486. The Balaban J connectivity index is 1.61. The van der Waals surface area contributed by atoms with E-state index in [0.29, 0.717) is 36.1 Å². The van der Waals surface area contributed by atoms with Gasteiger partial charge in [0, 0.05) is 36.4 Å². The Morgan fingerprint density at radius 1 is 0.633 bits per heavy atom. The lowest BCUT2D eigenvalue weighted by molar-refractivity contribution is -0.142. The van der Waals surface area contributed by atoms with Crippen molar-refractivity contribution in [3.05, 3.63) is 102 Å². The van der Waals surface area contributed by atoms with E-state index in [1.807, 2.05) is 24.3 Å². The predicted octanol–water partition coefficient (Wildman–Crippen LogP) is 1.80. The van der Waals surface area contributed by atoms with Crippen LogP contribution in [0.15, 0.2) is 85.1 Å². The van der Waals surface area contributed by atoms with Crippen molar-refractivity contribution in [2.75, 3.05) is 13.6 Å². The van der Waals surface area contributed by atoms with Gasteiger partial charge < -0.3 is 52.8 Å². The Bertz CT molecular complexity index is 2060. The summed E-state index contributed by atoms with van der Waals surface area (Å²) in [5, 5.41) is 37.1. The van der Waals surface area contributed by atoms with Gasteiger partial charge in [0.25, 0.3) is 0 Å². The predicted molar refractivity (Wildman–Crippen MR) is 228 cm³/mol. The van der Waals surface area contributed by atoms with Crippen molar-refractivity contribution in [2.24, 2.45) is 11.7 Å². The van der Waals surface area contributed by atoms with Crippen molar-refractivity contribution in [3.8, 4) is 5.75 Å². The van der Waals surface area contributed by atoms with E-state index in [-0.39, 0.29) is 31.4 Å². The highest BCUT2D eigenvalue weighted by Gasteiger charge is 2.34. The number of aromatic hydroxyl groups is 1. The second-order valence-electron chi connectivity index (χ2n) is 15.2. The molecule has 0 saturated heterocycles. The summed E-state index contributed by atoms with van der Waals surface area (Å²) in [6, 6.07) is 15.8. The fraction of sp³-hybridized carbons (Fsp3) is 0.409. The average Bonchev–Trinajstić information content (AvgIpc) is 3.64. The number of aromatic nitrogens is 1. The van der Waals surface area contributed by atoms with Gasteiger partial charge in [-0.1, -0.05) is 74.5 Å². The third-order valence-electron chi connectivity index (χ3n) is 10.3. The first-order valence-electron chi connectivity index (χ1n) is 20.2. The van der Waals surface area contributed by atoms with E-state index in [0.717, 1.165) is 10.9 Å². The maximum Gasteiger partial charge on any atom is 0.326 e. The molecule has 322 valence electrons. The zero-order chi connectivity index (χ0) is 43.8. The van der Waals surface area contributed by atoms with Crippen LogP contribution in [0.5, 0.6) is 5.75 Å². The zero-order valence-electron chi connectivity index (χ0n) is 34.5. The number of nitrogens with one attached hydrogen (secondary N) is 7. The van der Waals surface area contributed by atoms with E-state index < -0.39 is 77.7 Å². The molecule has 0 unspecified atom stereocenters. The molecule has 5 amide bonds. The van der Waals surface area contributed by atoms with Gasteiger partial charge in [0.15, 0.2) is 0 Å². The highest BCUT2D eigenvalue weighted by Crippen LogP contribution is 2.20. The van der Waals surface area contributed by atoms with Gasteiger partial charge in [-0.05, 0) is 80.6 Å². The van der Waals surface area contributed by atoms with Gasteiger partial charge in [-0.2, -0.15) is 0 Å². The molecule has 0 bridgehead atoms. The van der Waals surface area contributed by atoms with Crippen LogP contribution in [-0.4, -0.2) is 101 Å². The lowest BCUT2D eigenvalue weighted by Gasteiger charge is -2.28. The molecular formula is C44H58N8O8. The van der Waals surface area contributed by atoms with E-state index in [4.69, 9.17) is 5.73 Å². The number of carbonyl (C=O) groups excluding carboxylic acids is 5. The number of carboxylic acid groups (broad SMARTS) is 1. The molecule has 6 atom stereocenters. The van der Waals surface area contributed by atoms with Crippen molar-refractivity contribution in [1.82, 2.24) is 36.9 Å². The smallest absolute Gasteiger partial charge is 0.326 e. The molecule has 1 heterocycles. The minimum absolute atomic E-state index is 0.000532. The summed E-state index contributed by atoms with van der Waals surface area (Å²) in [5.74, 6) is -4.88. The maximum absolute atomic E-state index is 14.4. The van der Waals surface area contributed by atoms with Gasteiger partial charge in [-0.25, -0.2) is 4.79 Å². The van der Waals surface area contributed by atoms with Gasteiger partial charge in [-0.15, -0.1) is 0 Å². The molecule has 0 spiro atoms. The first-order chi connectivity index (χ1) is 28.7. The number of likely N-dealkylation sites (N-methyl/N-ethyl adjacent to an activating group) is 1. The minimum atomic E-state index is -1.27. The number of aliphatic carboxylic acids is 1. The Kier molecular flexibility index (Phi) is 17.6. The van der Waals surface area contributed by atoms with Crippen LogP contribution in [0.3, 0.4) is 0 Å². The van der Waals surface area contributed by atoms with Crippen molar-refractivity contribution in [2.45, 2.75) is 95.5 Å². The fourth-order valence-electron chi connectivity index (χ4n) is 6.64. The van der Waals surface area contributed by atoms with Crippen molar-refractivity contribution < 1.29 is 39.0 Å². The third-order valence-corrected chi connectivity index (χ3v) is 10.3. The number of hydrogen-bond acceptors (Lipinski definition) is 9. The minimum Gasteiger partial charge on any atom is -0.508 e. The van der Waals surface area contributed by atoms with E-state index in [1.165, 1.54) is 12.1 Å². The first-order valence-corrected chi connectivity index (χ1v) is 20.2. The molecule has 11 N–H and O–H groups in total. The maximum atomic E-state index is 14.4. The zero-order valence-corrected chi connectivity index (χ0v) is 34.5. The summed E-state index contributed by atoms with van der Waals surface area (Å²) in [6.07, 6.45) is 2.91. The Hall–Kier alpha value is -6.26. The number of nitrogens with two attached hydrogens (primary N) is 1. The van der Waals surface area contributed by atoms with Crippen molar-refractivity contribution >= 4 is 46.4 Å². The number of amides is 5. The largest absolute Gasteiger partial charge is 0.508 e. The fourth-order valence-corrected chi connectivity index (χ4v) is 6.64. The normalized spacial score (nSPS) is 14.2. The van der Waals surface area contributed by atoms with E-state index in [1.54, 1.807) is 76.5 Å². The van der Waals surface area contributed by atoms with Gasteiger partial charge in [0.2, 0.25) is 29.5 Å². The van der Waals surface area contributed by atoms with Crippen LogP contribution in [0, 0.1) is 5.92 Å². The number of hydrogen-bond donors (Lipinski definition) is 10. The van der Waals surface area contributed by atoms with Gasteiger partial charge in [0.05, 0.1) is 6.04 Å². The van der Waals surface area contributed by atoms with Crippen LogP contribution in [0.2, 0.25) is 0 Å². The molecule has 16 nitrogen and oxygen atoms in total. The number of carbonyl (C=O) groups is 6. The summed E-state index contributed by atoms with van der Waals surface area (Å²) < 4.78 is 0. The number of rotatable bonds is 23. The monoisotopic (exact) mass is 826 g/mol. The van der Waals surface area contributed by atoms with E-state index in [9.17, 15) is 39.0 Å². The highest BCUT2D eigenvalue weighted by molar-refractivity contribution is 5.97. The van der Waals surface area contributed by atoms with E-state index >= 15 is 0 Å². The topological polar surface area (TPSA) is 257 Å². The summed E-state index contributed by atoms with van der Waals surface area (Å²) in [4.78, 5) is 84.7. The molecule has 4 aromatic rings. The number of phenols is 1. The molecule has 0 aliphatic carbocycles. The van der Waals surface area contributed by atoms with Crippen molar-refractivity contribution in [3.63, 3.8) is 0 Å². The molecule has 3 aromatic carbocycles. The Morgan fingerprint density at radius 3 is 1.82 bits per heavy atom. The number of benzene rings is 3. The summed E-state index contributed by atoms with van der Waals surface area (Å²) in [7, 11) is 1.61. The van der Waals surface area contributed by atoms with Crippen LogP contribution in [0.4, 0.5) is 0 Å². The van der Waals surface area contributed by atoms with Crippen LogP contribution in [-0.2, 0) is 48.0 Å². The molecule has 60 heavy (non-hydrogen) atoms. The molecule has 1 aromatic heterocycles. The van der Waals surface area contributed by atoms with Crippen LogP contribution < -0.4 is 37.6 Å². The number of aromatic amines is 1. The molecule has 0 fully saturated rings. The number of unbranched alkanes of at least 4 members (excludes halogenated alkanes) is 1. The lowest BCUT2D eigenvalue weighted by Crippen LogP contribution is -2.60. The first kappa shape index (κ1) is 46.4. The number of carboxylic acids is 1. The third kappa shape index (κ3) is 13.7. The number of para-hydroxylation sites is 1. The number of H-pyrrole nitrogens is 1. The van der Waals surface area contributed by atoms with Crippen LogP contribution in [0.1, 0.15) is 56.7 Å². The second-order valence-corrected chi connectivity index (χ2v) is 15.2. The SMILES string of the molecule is CN[C@@H](C)C(=O)N[C@@H](Cc1ccc(O)cc1)C(=O)N[C@H](Cc1c[nH]c2ccccc12)C(=O)N[C@@H](CCCCN)C(=O)N[C@H](C(=O)N[C@@H](Cc1ccccc1)C(=O)O)C(C)C. The number of fused-ring (bicyclic) bond motifs is 1. The average molecular weight is 827 g/mol. The lowest BCUT2D eigenvalue weighted by atomic mass is 9.99. The second kappa shape index (κ2) is 22.8.